The molecular weight excluding hydrogens is 392 g/mol. The molecule has 0 spiro atoms. The lowest BCUT2D eigenvalue weighted by atomic mass is 10.1. The van der Waals surface area contributed by atoms with E-state index in [0.717, 1.165) is 10.8 Å². The minimum absolute atomic E-state index is 0.126. The number of aromatic nitrogens is 1. The number of hydrogen-bond acceptors (Lipinski definition) is 6. The summed E-state index contributed by atoms with van der Waals surface area (Å²) in [4.78, 5) is 34.8. The van der Waals surface area contributed by atoms with Gasteiger partial charge in [-0.25, -0.2) is 4.79 Å². The van der Waals surface area contributed by atoms with Crippen molar-refractivity contribution in [1.82, 2.24) is 4.57 Å². The second-order valence-electron chi connectivity index (χ2n) is 5.90. The highest BCUT2D eigenvalue weighted by molar-refractivity contribution is 5.99. The first-order valence-corrected chi connectivity index (χ1v) is 8.05. The van der Waals surface area contributed by atoms with Gasteiger partial charge in [-0.05, 0) is 19.8 Å². The molecule has 0 radical (unpaired) electrons. The molecule has 0 N–H and O–H groups in total. The van der Waals surface area contributed by atoms with Gasteiger partial charge in [0.25, 0.3) is 0 Å². The Morgan fingerprint density at radius 1 is 1.36 bits per heavy atom. The van der Waals surface area contributed by atoms with Crippen LogP contribution in [0.1, 0.15) is 36.2 Å². The predicted molar refractivity (Wildman–Crippen MR) is 85.6 cm³/mol. The van der Waals surface area contributed by atoms with E-state index in [4.69, 9.17) is 4.74 Å². The lowest BCUT2D eigenvalue weighted by molar-refractivity contribution is -0.386. The second-order valence-corrected chi connectivity index (χ2v) is 5.90. The number of nitrogens with zero attached hydrogens (tertiary/aromatic N) is 2. The number of carbonyl (C=O) groups is 1. The number of benzene rings is 1. The zero-order valence-corrected chi connectivity index (χ0v) is 14.2. The van der Waals surface area contributed by atoms with Crippen LogP contribution in [0.5, 0.6) is 5.75 Å². The van der Waals surface area contributed by atoms with Gasteiger partial charge in [-0.1, -0.05) is 0 Å². The number of pyridine rings is 1. The van der Waals surface area contributed by atoms with Crippen LogP contribution in [0.25, 0.3) is 10.9 Å². The molecule has 1 aliphatic rings. The van der Waals surface area contributed by atoms with Crippen molar-refractivity contribution in [2.45, 2.75) is 32.4 Å². The summed E-state index contributed by atoms with van der Waals surface area (Å²) in [5, 5.41) is 10.3. The van der Waals surface area contributed by atoms with Crippen molar-refractivity contribution in [1.29, 1.82) is 0 Å². The van der Waals surface area contributed by atoms with E-state index in [0.29, 0.717) is 12.8 Å². The van der Waals surface area contributed by atoms with Crippen LogP contribution in [0, 0.1) is 21.7 Å². The SMILES string of the molecule is CCOC(=O)c1cn(C2CC2)c2c(OC(F)F)c(F)c(F)c([N+](=O)[O-])c2c1=O. The van der Waals surface area contributed by atoms with Gasteiger partial charge in [0.1, 0.15) is 16.5 Å². The van der Waals surface area contributed by atoms with Gasteiger partial charge in [-0.3, -0.25) is 14.9 Å². The summed E-state index contributed by atoms with van der Waals surface area (Å²) in [5.41, 5.74) is -4.31. The first-order chi connectivity index (χ1) is 13.2. The fourth-order valence-corrected chi connectivity index (χ4v) is 2.86. The largest absolute Gasteiger partial charge is 0.462 e. The number of carbonyl (C=O) groups excluding carboxylic acids is 1. The van der Waals surface area contributed by atoms with Crippen molar-refractivity contribution in [2.75, 3.05) is 6.61 Å². The summed E-state index contributed by atoms with van der Waals surface area (Å²) < 4.78 is 64.0. The Kier molecular flexibility index (Phi) is 4.96. The summed E-state index contributed by atoms with van der Waals surface area (Å²) in [6, 6.07) is -0.472. The Labute approximate surface area is 153 Å². The zero-order chi connectivity index (χ0) is 20.7. The summed E-state index contributed by atoms with van der Waals surface area (Å²) in [7, 11) is 0. The molecule has 3 rings (SSSR count). The molecule has 1 saturated carbocycles. The van der Waals surface area contributed by atoms with E-state index in [2.05, 4.69) is 4.74 Å². The van der Waals surface area contributed by atoms with E-state index in [1.165, 1.54) is 6.92 Å². The number of nitro groups is 1. The minimum Gasteiger partial charge on any atom is -0.462 e. The molecule has 0 aliphatic heterocycles. The maximum atomic E-state index is 14.3. The molecule has 150 valence electrons. The average molecular weight is 404 g/mol. The lowest BCUT2D eigenvalue weighted by Gasteiger charge is -2.17. The number of alkyl halides is 2. The van der Waals surface area contributed by atoms with Crippen molar-refractivity contribution in [3.05, 3.63) is 43.7 Å². The first-order valence-electron chi connectivity index (χ1n) is 8.05. The molecule has 1 aromatic carbocycles. The number of nitro benzene ring substituents is 1. The van der Waals surface area contributed by atoms with E-state index in [-0.39, 0.29) is 6.61 Å². The molecule has 1 aromatic heterocycles. The third-order valence-corrected chi connectivity index (χ3v) is 4.11. The molecule has 2 aromatic rings. The van der Waals surface area contributed by atoms with Gasteiger partial charge in [0.15, 0.2) is 5.75 Å². The van der Waals surface area contributed by atoms with Crippen LogP contribution >= 0.6 is 0 Å². The van der Waals surface area contributed by atoms with Gasteiger partial charge in [0.05, 0.1) is 11.5 Å². The van der Waals surface area contributed by atoms with Crippen LogP contribution in [0.4, 0.5) is 23.2 Å². The van der Waals surface area contributed by atoms with E-state index in [1.54, 1.807) is 0 Å². The summed E-state index contributed by atoms with van der Waals surface area (Å²) in [6.07, 6.45) is 1.85. The van der Waals surface area contributed by atoms with Crippen molar-refractivity contribution in [3.8, 4) is 5.75 Å². The fraction of sp³-hybridized carbons (Fsp3) is 0.375. The first kappa shape index (κ1) is 19.6. The highest BCUT2D eigenvalue weighted by Gasteiger charge is 2.37. The van der Waals surface area contributed by atoms with Gasteiger partial charge < -0.3 is 14.0 Å². The second kappa shape index (κ2) is 7.09. The Hall–Kier alpha value is -3.18. The van der Waals surface area contributed by atoms with Crippen LogP contribution in [-0.2, 0) is 4.74 Å². The third kappa shape index (κ3) is 3.14. The van der Waals surface area contributed by atoms with Crippen LogP contribution in [0.3, 0.4) is 0 Å². The Bertz CT molecular complexity index is 1050. The fourth-order valence-electron chi connectivity index (χ4n) is 2.86. The molecule has 0 bridgehead atoms. The quantitative estimate of drug-likeness (QED) is 0.317. The number of rotatable bonds is 6. The molecule has 0 amide bonds. The van der Waals surface area contributed by atoms with E-state index >= 15 is 0 Å². The van der Waals surface area contributed by atoms with Crippen LogP contribution in [0.15, 0.2) is 11.0 Å². The number of hydrogen-bond donors (Lipinski definition) is 0. The van der Waals surface area contributed by atoms with Gasteiger partial charge in [-0.2, -0.15) is 17.6 Å². The van der Waals surface area contributed by atoms with Crippen molar-refractivity contribution >= 4 is 22.6 Å². The molecule has 0 unspecified atom stereocenters. The zero-order valence-electron chi connectivity index (χ0n) is 14.2. The number of esters is 1. The van der Waals surface area contributed by atoms with E-state index in [9.17, 15) is 37.3 Å². The summed E-state index contributed by atoms with van der Waals surface area (Å²) in [5.74, 6) is -6.66. The van der Waals surface area contributed by atoms with Crippen LogP contribution in [0.2, 0.25) is 0 Å². The van der Waals surface area contributed by atoms with Crippen LogP contribution < -0.4 is 10.2 Å². The van der Waals surface area contributed by atoms with Gasteiger partial charge in [0.2, 0.25) is 17.1 Å². The molecule has 12 heteroatoms. The Morgan fingerprint density at radius 2 is 2.00 bits per heavy atom. The predicted octanol–water partition coefficient (Wildman–Crippen LogP) is 3.30. The molecule has 1 fully saturated rings. The van der Waals surface area contributed by atoms with Gasteiger partial charge >= 0.3 is 18.3 Å². The molecule has 1 heterocycles. The molecular formula is C16H12F4N2O6. The maximum absolute atomic E-state index is 14.3. The average Bonchev–Trinajstić information content (AvgIpc) is 3.44. The number of halogens is 4. The highest BCUT2D eigenvalue weighted by atomic mass is 19.3. The number of ether oxygens (including phenoxy) is 2. The van der Waals surface area contributed by atoms with Crippen molar-refractivity contribution < 1.29 is 36.8 Å². The van der Waals surface area contributed by atoms with Crippen LogP contribution in [-0.4, -0.2) is 28.7 Å². The Balaban J connectivity index is 2.54. The molecule has 0 saturated heterocycles. The van der Waals surface area contributed by atoms with Gasteiger partial charge in [-0.15, -0.1) is 0 Å². The third-order valence-electron chi connectivity index (χ3n) is 4.11. The van der Waals surface area contributed by atoms with Gasteiger partial charge in [0, 0.05) is 12.2 Å². The summed E-state index contributed by atoms with van der Waals surface area (Å²) >= 11 is 0. The topological polar surface area (TPSA) is 101 Å². The lowest BCUT2D eigenvalue weighted by Crippen LogP contribution is -2.23. The smallest absolute Gasteiger partial charge is 0.387 e. The van der Waals surface area contributed by atoms with Crippen molar-refractivity contribution in [2.24, 2.45) is 0 Å². The molecule has 28 heavy (non-hydrogen) atoms. The normalized spacial score (nSPS) is 13.8. The van der Waals surface area contributed by atoms with E-state index < -0.39 is 68.5 Å². The standard InChI is InChI=1S/C16H12F4N2O6/c1-2-27-15(24)7-5-21(6-3-4-6)12-8(13(7)23)11(22(25)26)9(17)10(18)14(12)28-16(19)20/h5-6,16H,2-4H2,1H3. The molecule has 8 nitrogen and oxygen atoms in total. The summed E-state index contributed by atoms with van der Waals surface area (Å²) in [6.45, 7) is -2.27. The Morgan fingerprint density at radius 3 is 2.50 bits per heavy atom. The highest BCUT2D eigenvalue weighted by Crippen LogP contribution is 2.43. The monoisotopic (exact) mass is 404 g/mol. The molecule has 1 aliphatic carbocycles. The van der Waals surface area contributed by atoms with E-state index in [1.807, 2.05) is 0 Å². The number of fused-ring (bicyclic) bond motifs is 1. The maximum Gasteiger partial charge on any atom is 0.387 e. The van der Waals surface area contributed by atoms with Crippen molar-refractivity contribution in [3.63, 3.8) is 0 Å². The molecule has 0 atom stereocenters. The minimum atomic E-state index is -3.59.